The Labute approximate surface area is 108 Å². The van der Waals surface area contributed by atoms with Crippen molar-refractivity contribution in [1.82, 2.24) is 9.55 Å². The van der Waals surface area contributed by atoms with Crippen LogP contribution in [0.2, 0.25) is 0 Å². The van der Waals surface area contributed by atoms with Gasteiger partial charge in [0.05, 0.1) is 23.7 Å². The third-order valence-electron chi connectivity index (χ3n) is 2.67. The number of H-pyrrole nitrogens is 1. The van der Waals surface area contributed by atoms with Crippen molar-refractivity contribution in [2.24, 2.45) is 0 Å². The molecule has 100 valence electrons. The predicted molar refractivity (Wildman–Crippen MR) is 61.0 cm³/mol. The van der Waals surface area contributed by atoms with Gasteiger partial charge in [0.15, 0.2) is 6.23 Å². The van der Waals surface area contributed by atoms with Crippen molar-refractivity contribution in [3.63, 3.8) is 0 Å². The zero-order valence-corrected chi connectivity index (χ0v) is 10.5. The van der Waals surface area contributed by atoms with Crippen LogP contribution in [0, 0.1) is 5.82 Å². The van der Waals surface area contributed by atoms with E-state index >= 15 is 0 Å². The molecule has 1 fully saturated rings. The average molecular weight is 325 g/mol. The standard InChI is InChI=1S/C9H10BrFN2O5/c10-5-6(15)4(2-14)18-8(5)13-1-3(11)7(16)12-9(13)17/h1,4-6,8,14-15H,2H2,(H,12,16,17)/t4-,5-,6-,8-/m1/s1. The number of aromatic nitrogens is 2. The lowest BCUT2D eigenvalue weighted by molar-refractivity contribution is -0.0459. The Morgan fingerprint density at radius 2 is 2.22 bits per heavy atom. The van der Waals surface area contributed by atoms with E-state index in [0.717, 1.165) is 4.57 Å². The first-order valence-corrected chi connectivity index (χ1v) is 5.96. The van der Waals surface area contributed by atoms with Crippen LogP contribution in [-0.4, -0.2) is 43.4 Å². The van der Waals surface area contributed by atoms with Gasteiger partial charge in [-0.15, -0.1) is 0 Å². The van der Waals surface area contributed by atoms with Crippen LogP contribution in [-0.2, 0) is 4.74 Å². The normalized spacial score (nSPS) is 31.8. The highest BCUT2D eigenvalue weighted by Crippen LogP contribution is 2.33. The van der Waals surface area contributed by atoms with Gasteiger partial charge in [0.1, 0.15) is 6.10 Å². The largest absolute Gasteiger partial charge is 0.394 e. The second kappa shape index (κ2) is 4.92. The number of halogens is 2. The molecule has 4 atom stereocenters. The molecule has 0 radical (unpaired) electrons. The van der Waals surface area contributed by atoms with Crippen molar-refractivity contribution < 1.29 is 19.3 Å². The smallest absolute Gasteiger partial charge is 0.330 e. The summed E-state index contributed by atoms with van der Waals surface area (Å²) in [6.45, 7) is -0.444. The minimum Gasteiger partial charge on any atom is -0.394 e. The van der Waals surface area contributed by atoms with Crippen LogP contribution in [0.5, 0.6) is 0 Å². The third-order valence-corrected chi connectivity index (χ3v) is 3.67. The fourth-order valence-corrected chi connectivity index (χ4v) is 2.45. The van der Waals surface area contributed by atoms with Crippen molar-refractivity contribution in [3.05, 3.63) is 32.9 Å². The molecule has 0 amide bonds. The highest BCUT2D eigenvalue weighted by atomic mass is 79.9. The molecule has 0 unspecified atom stereocenters. The zero-order chi connectivity index (χ0) is 13.4. The second-order valence-corrected chi connectivity index (χ2v) is 4.88. The van der Waals surface area contributed by atoms with E-state index in [2.05, 4.69) is 15.9 Å². The van der Waals surface area contributed by atoms with E-state index in [-0.39, 0.29) is 0 Å². The SMILES string of the molecule is O=c1[nH]c(=O)n([C@@H]2O[C@H](CO)[C@@H](O)[C@H]2Br)cc1F. The Balaban J connectivity index is 2.42. The van der Waals surface area contributed by atoms with Gasteiger partial charge in [-0.2, -0.15) is 4.39 Å². The van der Waals surface area contributed by atoms with Gasteiger partial charge in [-0.05, 0) is 0 Å². The maximum atomic E-state index is 13.1. The summed E-state index contributed by atoms with van der Waals surface area (Å²) >= 11 is 3.10. The molecule has 2 rings (SSSR count). The zero-order valence-electron chi connectivity index (χ0n) is 8.92. The van der Waals surface area contributed by atoms with E-state index in [4.69, 9.17) is 9.84 Å². The van der Waals surface area contributed by atoms with Crippen LogP contribution in [0.1, 0.15) is 6.23 Å². The summed E-state index contributed by atoms with van der Waals surface area (Å²) in [5.41, 5.74) is -1.98. The first kappa shape index (κ1) is 13.4. The van der Waals surface area contributed by atoms with Crippen LogP contribution in [0.3, 0.4) is 0 Å². The quantitative estimate of drug-likeness (QED) is 0.586. The fraction of sp³-hybridized carbons (Fsp3) is 0.556. The molecule has 1 saturated heterocycles. The molecule has 1 aliphatic rings. The number of aromatic amines is 1. The van der Waals surface area contributed by atoms with E-state index in [1.165, 1.54) is 0 Å². The Kier molecular flexibility index (Phi) is 3.66. The minimum absolute atomic E-state index is 0.444. The summed E-state index contributed by atoms with van der Waals surface area (Å²) in [6, 6.07) is 0. The van der Waals surface area contributed by atoms with E-state index in [0.29, 0.717) is 6.20 Å². The summed E-state index contributed by atoms with van der Waals surface area (Å²) in [7, 11) is 0. The maximum Gasteiger partial charge on any atom is 0.330 e. The number of hydrogen-bond donors (Lipinski definition) is 3. The molecule has 7 nitrogen and oxygen atoms in total. The fourth-order valence-electron chi connectivity index (χ4n) is 1.73. The van der Waals surface area contributed by atoms with Crippen molar-refractivity contribution in [1.29, 1.82) is 0 Å². The van der Waals surface area contributed by atoms with Crippen LogP contribution >= 0.6 is 15.9 Å². The molecule has 1 aromatic heterocycles. The van der Waals surface area contributed by atoms with Gasteiger partial charge in [-0.3, -0.25) is 14.3 Å². The lowest BCUT2D eigenvalue weighted by Gasteiger charge is -2.16. The topological polar surface area (TPSA) is 105 Å². The number of ether oxygens (including phenoxy) is 1. The van der Waals surface area contributed by atoms with Crippen molar-refractivity contribution in [2.45, 2.75) is 23.3 Å². The van der Waals surface area contributed by atoms with Crippen LogP contribution in [0.15, 0.2) is 15.8 Å². The summed E-state index contributed by atoms with van der Waals surface area (Å²) in [5, 5.41) is 18.7. The van der Waals surface area contributed by atoms with Crippen LogP contribution < -0.4 is 11.2 Å². The predicted octanol–water partition coefficient (Wildman–Crippen LogP) is -1.31. The molecule has 0 aliphatic carbocycles. The summed E-state index contributed by atoms with van der Waals surface area (Å²) in [6.07, 6.45) is -2.26. The number of nitrogens with zero attached hydrogens (tertiary/aromatic N) is 1. The third kappa shape index (κ3) is 2.14. The molecular weight excluding hydrogens is 315 g/mol. The van der Waals surface area contributed by atoms with Gasteiger partial charge < -0.3 is 14.9 Å². The summed E-state index contributed by atoms with van der Waals surface area (Å²) < 4.78 is 19.2. The lowest BCUT2D eigenvalue weighted by Crippen LogP contribution is -2.36. The van der Waals surface area contributed by atoms with Gasteiger partial charge >= 0.3 is 5.69 Å². The first-order valence-electron chi connectivity index (χ1n) is 5.05. The monoisotopic (exact) mass is 324 g/mol. The molecule has 1 aliphatic heterocycles. The van der Waals surface area contributed by atoms with Crippen LogP contribution in [0.4, 0.5) is 4.39 Å². The Morgan fingerprint density at radius 3 is 2.78 bits per heavy atom. The summed E-state index contributed by atoms with van der Waals surface area (Å²) in [5.74, 6) is -1.14. The van der Waals surface area contributed by atoms with E-state index in [9.17, 15) is 19.1 Å². The molecule has 9 heteroatoms. The van der Waals surface area contributed by atoms with E-state index in [1.807, 2.05) is 0 Å². The van der Waals surface area contributed by atoms with Gasteiger partial charge in [0.2, 0.25) is 5.82 Å². The Hall–Kier alpha value is -1.03. The van der Waals surface area contributed by atoms with Gasteiger partial charge in [0.25, 0.3) is 5.56 Å². The molecule has 2 heterocycles. The number of hydrogen-bond acceptors (Lipinski definition) is 5. The van der Waals surface area contributed by atoms with Crippen LogP contribution in [0.25, 0.3) is 0 Å². The number of aliphatic hydroxyl groups excluding tert-OH is 2. The summed E-state index contributed by atoms with van der Waals surface area (Å²) in [4.78, 5) is 23.5. The van der Waals surface area contributed by atoms with Gasteiger partial charge in [-0.1, -0.05) is 15.9 Å². The molecule has 0 aromatic carbocycles. The van der Waals surface area contributed by atoms with Gasteiger partial charge in [-0.25, -0.2) is 4.79 Å². The highest BCUT2D eigenvalue weighted by Gasteiger charge is 2.43. The molecular formula is C9H10BrFN2O5. The number of alkyl halides is 1. The highest BCUT2D eigenvalue weighted by molar-refractivity contribution is 9.09. The van der Waals surface area contributed by atoms with Crippen molar-refractivity contribution >= 4 is 15.9 Å². The van der Waals surface area contributed by atoms with Crippen molar-refractivity contribution in [3.8, 4) is 0 Å². The molecule has 0 spiro atoms. The average Bonchev–Trinajstić information content (AvgIpc) is 2.61. The number of nitrogens with one attached hydrogen (secondary N) is 1. The Bertz CT molecular complexity index is 559. The minimum atomic E-state index is -1.14. The second-order valence-electron chi connectivity index (χ2n) is 3.83. The molecule has 18 heavy (non-hydrogen) atoms. The lowest BCUT2D eigenvalue weighted by atomic mass is 10.2. The molecule has 1 aromatic rings. The number of aliphatic hydroxyl groups is 2. The first-order chi connectivity index (χ1) is 8.45. The molecule has 0 saturated carbocycles. The Morgan fingerprint density at radius 1 is 1.56 bits per heavy atom. The molecule has 3 N–H and O–H groups in total. The molecule has 0 bridgehead atoms. The van der Waals surface area contributed by atoms with E-state index < -0.39 is 46.9 Å². The van der Waals surface area contributed by atoms with E-state index in [1.54, 1.807) is 4.98 Å². The van der Waals surface area contributed by atoms with Gasteiger partial charge in [0, 0.05) is 0 Å². The van der Waals surface area contributed by atoms with Crippen molar-refractivity contribution in [2.75, 3.05) is 6.61 Å². The number of rotatable bonds is 2. The maximum absolute atomic E-state index is 13.1.